The summed E-state index contributed by atoms with van der Waals surface area (Å²) in [6, 6.07) is 13.4. The molecule has 1 amide bonds. The lowest BCUT2D eigenvalue weighted by molar-refractivity contribution is -0.137. The van der Waals surface area contributed by atoms with Crippen LogP contribution in [0.5, 0.6) is 0 Å². The molecule has 0 fully saturated rings. The Morgan fingerprint density at radius 1 is 1.07 bits per heavy atom. The minimum atomic E-state index is -1.06. The van der Waals surface area contributed by atoms with Crippen molar-refractivity contribution in [1.29, 1.82) is 0 Å². The number of benzene rings is 2. The Labute approximate surface area is 174 Å². The van der Waals surface area contributed by atoms with Gasteiger partial charge in [0.05, 0.1) is 5.69 Å². The highest BCUT2D eigenvalue weighted by Crippen LogP contribution is 2.27. The molecule has 4 N–H and O–H groups in total. The summed E-state index contributed by atoms with van der Waals surface area (Å²) in [5.74, 6) is -1.53. The topological polar surface area (TPSA) is 114 Å². The van der Waals surface area contributed by atoms with Crippen LogP contribution < -0.4 is 11.1 Å². The van der Waals surface area contributed by atoms with E-state index < -0.39 is 5.97 Å². The van der Waals surface area contributed by atoms with Crippen molar-refractivity contribution < 1.29 is 19.5 Å². The number of carbonyl (C=O) groups excluding carboxylic acids is 2. The number of para-hydroxylation sites is 1. The molecule has 0 aliphatic rings. The van der Waals surface area contributed by atoms with E-state index in [-0.39, 0.29) is 29.3 Å². The van der Waals surface area contributed by atoms with Crippen LogP contribution in [0.2, 0.25) is 0 Å². The molecule has 30 heavy (non-hydrogen) atoms. The number of nitrogens with zero attached hydrogens (tertiary/aromatic N) is 1. The first-order valence-electron chi connectivity index (χ1n) is 9.59. The number of aromatic nitrogens is 1. The van der Waals surface area contributed by atoms with Crippen molar-refractivity contribution in [2.45, 2.75) is 33.7 Å². The van der Waals surface area contributed by atoms with Gasteiger partial charge < -0.3 is 20.7 Å². The van der Waals surface area contributed by atoms with E-state index in [1.165, 1.54) is 4.57 Å². The lowest BCUT2D eigenvalue weighted by Crippen LogP contribution is -2.19. The second-order valence-electron chi connectivity index (χ2n) is 8.49. The van der Waals surface area contributed by atoms with Gasteiger partial charge in [-0.25, -0.2) is 0 Å². The fourth-order valence-electron chi connectivity index (χ4n) is 3.37. The van der Waals surface area contributed by atoms with E-state index in [0.29, 0.717) is 34.3 Å². The lowest BCUT2D eigenvalue weighted by Gasteiger charge is -2.17. The first-order chi connectivity index (χ1) is 14.0. The summed E-state index contributed by atoms with van der Waals surface area (Å²) in [4.78, 5) is 36.8. The minimum Gasteiger partial charge on any atom is -0.480 e. The van der Waals surface area contributed by atoms with Gasteiger partial charge in [-0.1, -0.05) is 32.9 Å². The van der Waals surface area contributed by atoms with E-state index in [1.807, 2.05) is 20.8 Å². The molecule has 2 aromatic carbocycles. The molecule has 0 radical (unpaired) electrons. The molecule has 3 rings (SSSR count). The quantitative estimate of drug-likeness (QED) is 0.423. The summed E-state index contributed by atoms with van der Waals surface area (Å²) < 4.78 is 1.45. The van der Waals surface area contributed by atoms with Gasteiger partial charge in [0.1, 0.15) is 6.54 Å². The maximum Gasteiger partial charge on any atom is 0.323 e. The van der Waals surface area contributed by atoms with E-state index in [1.54, 1.807) is 48.5 Å². The van der Waals surface area contributed by atoms with Crippen molar-refractivity contribution >= 4 is 39.9 Å². The highest BCUT2D eigenvalue weighted by atomic mass is 16.4. The van der Waals surface area contributed by atoms with Crippen molar-refractivity contribution in [3.63, 3.8) is 0 Å². The number of carboxylic acids is 1. The Morgan fingerprint density at radius 2 is 1.77 bits per heavy atom. The molecule has 1 aromatic heterocycles. The van der Waals surface area contributed by atoms with E-state index in [2.05, 4.69) is 5.32 Å². The monoisotopic (exact) mass is 407 g/mol. The minimum absolute atomic E-state index is 0.111. The molecular formula is C23H25N3O4. The van der Waals surface area contributed by atoms with Gasteiger partial charge in [-0.2, -0.15) is 0 Å². The van der Waals surface area contributed by atoms with Gasteiger partial charge >= 0.3 is 5.97 Å². The number of nitrogens with one attached hydrogen (secondary N) is 1. The second kappa shape index (κ2) is 8.02. The number of carbonyl (C=O) groups is 3. The first kappa shape index (κ1) is 21.1. The number of aliphatic carboxylic acids is 1. The number of nitrogen functional groups attached to an aromatic ring is 1. The number of nitrogens with two attached hydrogens (primary N) is 1. The first-order valence-corrected chi connectivity index (χ1v) is 9.59. The molecule has 1 heterocycles. The normalized spacial score (nSPS) is 11.4. The predicted molar refractivity (Wildman–Crippen MR) is 117 cm³/mol. The fraction of sp³-hybridized carbons (Fsp3) is 0.261. The Kier molecular flexibility index (Phi) is 5.64. The Hall–Kier alpha value is -3.61. The molecule has 3 aromatic rings. The van der Waals surface area contributed by atoms with Crippen molar-refractivity contribution in [2.24, 2.45) is 5.41 Å². The number of fused-ring (bicyclic) bond motifs is 1. The molecular weight excluding hydrogens is 382 g/mol. The SMILES string of the molecule is CC(C)(C)CC(=O)Nc1ccc2c(c1)cc(C(=O)c1ccccc1N)n2CC(=O)O. The van der Waals surface area contributed by atoms with Gasteiger partial charge in [0.15, 0.2) is 0 Å². The van der Waals surface area contributed by atoms with Crippen LogP contribution in [0.25, 0.3) is 10.9 Å². The highest BCUT2D eigenvalue weighted by Gasteiger charge is 2.21. The van der Waals surface area contributed by atoms with Gasteiger partial charge in [-0.05, 0) is 41.8 Å². The van der Waals surface area contributed by atoms with Crippen LogP contribution in [0.15, 0.2) is 48.5 Å². The number of anilines is 2. The van der Waals surface area contributed by atoms with Gasteiger partial charge in [0.25, 0.3) is 0 Å². The third kappa shape index (κ3) is 4.68. The molecule has 7 nitrogen and oxygen atoms in total. The smallest absolute Gasteiger partial charge is 0.323 e. The molecule has 156 valence electrons. The lowest BCUT2D eigenvalue weighted by atomic mass is 9.92. The van der Waals surface area contributed by atoms with E-state index in [9.17, 15) is 19.5 Å². The standard InChI is InChI=1S/C23H25N3O4/c1-23(2,3)12-20(27)25-15-8-9-18-14(10-15)11-19(26(18)13-21(28)29)22(30)16-6-4-5-7-17(16)24/h4-11H,12-13,24H2,1-3H3,(H,25,27)(H,28,29). The summed E-state index contributed by atoms with van der Waals surface area (Å²) in [6.45, 7) is 5.58. The van der Waals surface area contributed by atoms with Crippen molar-refractivity contribution in [1.82, 2.24) is 4.57 Å². The summed E-state index contributed by atoms with van der Waals surface area (Å²) in [7, 11) is 0. The van der Waals surface area contributed by atoms with Crippen molar-refractivity contribution in [2.75, 3.05) is 11.1 Å². The van der Waals surface area contributed by atoms with Crippen LogP contribution in [0, 0.1) is 5.41 Å². The summed E-state index contributed by atoms with van der Waals surface area (Å²) in [5.41, 5.74) is 7.83. The van der Waals surface area contributed by atoms with E-state index in [4.69, 9.17) is 5.73 Å². The fourth-order valence-corrected chi connectivity index (χ4v) is 3.37. The zero-order valence-electron chi connectivity index (χ0n) is 17.2. The van der Waals surface area contributed by atoms with Crippen LogP contribution in [0.3, 0.4) is 0 Å². The van der Waals surface area contributed by atoms with Crippen LogP contribution in [0.1, 0.15) is 43.2 Å². The number of amides is 1. The maximum atomic E-state index is 13.1. The average molecular weight is 407 g/mol. The molecule has 0 atom stereocenters. The Morgan fingerprint density at radius 3 is 2.40 bits per heavy atom. The highest BCUT2D eigenvalue weighted by molar-refractivity contribution is 6.13. The number of rotatable bonds is 6. The summed E-state index contributed by atoms with van der Waals surface area (Å²) in [6.07, 6.45) is 0.363. The van der Waals surface area contributed by atoms with Crippen LogP contribution in [-0.2, 0) is 16.1 Å². The molecule has 0 unspecified atom stereocenters. The summed E-state index contributed by atoms with van der Waals surface area (Å²) in [5, 5.41) is 12.9. The zero-order chi connectivity index (χ0) is 22.1. The molecule has 0 spiro atoms. The average Bonchev–Trinajstić information content (AvgIpc) is 2.97. The number of ketones is 1. The molecule has 7 heteroatoms. The molecule has 0 bridgehead atoms. The van der Waals surface area contributed by atoms with Gasteiger partial charge in [-0.15, -0.1) is 0 Å². The van der Waals surface area contributed by atoms with Crippen molar-refractivity contribution in [3.8, 4) is 0 Å². The van der Waals surface area contributed by atoms with Crippen molar-refractivity contribution in [3.05, 3.63) is 59.8 Å². The van der Waals surface area contributed by atoms with Gasteiger partial charge in [0, 0.05) is 34.3 Å². The van der Waals surface area contributed by atoms with Gasteiger partial charge in [-0.3, -0.25) is 14.4 Å². The molecule has 0 saturated heterocycles. The molecule has 0 saturated carbocycles. The van der Waals surface area contributed by atoms with Crippen LogP contribution >= 0.6 is 0 Å². The summed E-state index contributed by atoms with van der Waals surface area (Å²) >= 11 is 0. The number of hydrogen-bond donors (Lipinski definition) is 3. The second-order valence-corrected chi connectivity index (χ2v) is 8.49. The molecule has 0 aliphatic heterocycles. The maximum absolute atomic E-state index is 13.1. The third-order valence-corrected chi connectivity index (χ3v) is 4.61. The Balaban J connectivity index is 2.02. The third-order valence-electron chi connectivity index (χ3n) is 4.61. The van der Waals surface area contributed by atoms with E-state index >= 15 is 0 Å². The Bertz CT molecular complexity index is 1140. The predicted octanol–water partition coefficient (Wildman–Crippen LogP) is 3.91. The van der Waals surface area contributed by atoms with Crippen LogP contribution in [-0.4, -0.2) is 27.3 Å². The van der Waals surface area contributed by atoms with Crippen LogP contribution in [0.4, 0.5) is 11.4 Å². The van der Waals surface area contributed by atoms with Gasteiger partial charge in [0.2, 0.25) is 11.7 Å². The van der Waals surface area contributed by atoms with E-state index in [0.717, 1.165) is 0 Å². The number of hydrogen-bond acceptors (Lipinski definition) is 4. The zero-order valence-corrected chi connectivity index (χ0v) is 17.2. The largest absolute Gasteiger partial charge is 0.480 e. The number of carboxylic acid groups (broad SMARTS) is 1. The molecule has 0 aliphatic carbocycles.